The Balaban J connectivity index is 0.000000104. The van der Waals surface area contributed by atoms with Gasteiger partial charge in [0.15, 0.2) is 11.6 Å². The predicted octanol–water partition coefficient (Wildman–Crippen LogP) is 35.0. The minimum atomic E-state index is -0.315. The van der Waals surface area contributed by atoms with Gasteiger partial charge in [-0.25, -0.2) is 19.9 Å². The summed E-state index contributed by atoms with van der Waals surface area (Å²) in [5, 5.41) is 18.6. The van der Waals surface area contributed by atoms with Crippen molar-refractivity contribution in [3.8, 4) is 124 Å². The third-order valence-corrected chi connectivity index (χ3v) is 32.7. The minimum Gasteiger partial charge on any atom is -0.457 e. The molecule has 0 saturated carbocycles. The van der Waals surface area contributed by atoms with Crippen LogP contribution in [0.1, 0.15) is 74.6 Å². The molecule has 0 radical (unpaired) electrons. The van der Waals surface area contributed by atoms with Crippen LogP contribution in [0.2, 0.25) is 0 Å². The molecule has 3 aliphatic heterocycles. The number of benzene rings is 18. The Hall–Kier alpha value is -18.4. The lowest BCUT2D eigenvalue weighted by Crippen LogP contribution is -2.28. The first kappa shape index (κ1) is 85.4. The van der Waals surface area contributed by atoms with Crippen LogP contribution in [0.15, 0.2) is 454 Å². The topological polar surface area (TPSA) is 110 Å². The standard InChI is InChI=1S/C49H34N4.C43H29N3O.C43H29N3S/c1-49(2)41-18-12-17-38-40-30-32(33-27-34(42-19-8-10-25-50-42)29-35(28-33)43-20-9-11-26-51-43)22-24-44(40)53(46(38)41)47-39-23-21-31-13-6-7-16-37(31)45(39)52(48(47)49)36-14-4-3-5-15-36;2*1-43(2)34-19-11-18-31-33-24-29(36-25-35(27-13-5-3-6-14-27)44-42(45-36)28-15-7-4-8-16-28)21-23-37(33)46(38(31)34)39-32-22-20-26-12-9-10-17-30(26)40(32)47-41(39)43/h3-30H,1-2H3;2*3-25H,1-2H3. The van der Waals surface area contributed by atoms with E-state index >= 15 is 0 Å². The van der Waals surface area contributed by atoms with E-state index in [4.69, 9.17) is 34.3 Å². The Morgan fingerprint density at radius 2 is 0.626 bits per heavy atom. The Morgan fingerprint density at radius 3 is 1.14 bits per heavy atom. The lowest BCUT2D eigenvalue weighted by atomic mass is 9.77. The van der Waals surface area contributed by atoms with Crippen molar-refractivity contribution < 1.29 is 4.42 Å². The van der Waals surface area contributed by atoms with Crippen LogP contribution in [0.25, 0.3) is 254 Å². The highest BCUT2D eigenvalue weighted by Crippen LogP contribution is 2.58. The molecule has 0 aliphatic carbocycles. The number of rotatable bonds is 10. The fraction of sp³-hybridized carbons (Fsp3) is 0.0667. The number of hydrogen-bond acceptors (Lipinski definition) is 8. The van der Waals surface area contributed by atoms with Gasteiger partial charge < -0.3 is 22.7 Å². The maximum Gasteiger partial charge on any atom is 0.160 e. The number of nitrogens with zero attached hydrogens (tertiary/aromatic N) is 10. The second-order valence-corrected chi connectivity index (χ2v) is 41.8. The smallest absolute Gasteiger partial charge is 0.160 e. The van der Waals surface area contributed by atoms with Crippen molar-refractivity contribution in [2.24, 2.45) is 0 Å². The van der Waals surface area contributed by atoms with Gasteiger partial charge in [0.05, 0.1) is 101 Å². The summed E-state index contributed by atoms with van der Waals surface area (Å²) in [5.41, 5.74) is 35.3. The first-order valence-corrected chi connectivity index (χ1v) is 51.2. The summed E-state index contributed by atoms with van der Waals surface area (Å²) in [6.45, 7) is 14.2. The van der Waals surface area contributed by atoms with Crippen LogP contribution in [0.5, 0.6) is 0 Å². The number of pyridine rings is 2. The summed E-state index contributed by atoms with van der Waals surface area (Å²) in [6, 6.07) is 156. The van der Waals surface area contributed by atoms with E-state index in [0.717, 1.165) is 129 Å². The highest BCUT2D eigenvalue weighted by atomic mass is 32.1. The summed E-state index contributed by atoms with van der Waals surface area (Å²) >= 11 is 1.96. The predicted molar refractivity (Wildman–Crippen MR) is 609 cm³/mol. The van der Waals surface area contributed by atoms with Gasteiger partial charge in [-0.15, -0.1) is 11.3 Å². The molecule has 31 rings (SSSR count). The number of furan rings is 1. The third kappa shape index (κ3) is 13.2. The Morgan fingerprint density at radius 1 is 0.231 bits per heavy atom. The molecule has 0 N–H and O–H groups in total. The molecule has 11 nitrogen and oxygen atoms in total. The van der Waals surface area contributed by atoms with E-state index in [2.05, 4.69) is 424 Å². The molecule has 0 spiro atoms. The molecular weight excluding hydrogens is 1810 g/mol. The first-order valence-electron chi connectivity index (χ1n) is 50.4. The van der Waals surface area contributed by atoms with Crippen LogP contribution in [0.4, 0.5) is 0 Å². The number of para-hydroxylation sites is 4. The van der Waals surface area contributed by atoms with E-state index in [1.807, 2.05) is 96.5 Å². The number of aromatic nitrogens is 10. The quantitative estimate of drug-likeness (QED) is 0.134. The van der Waals surface area contributed by atoms with Gasteiger partial charge in [-0.3, -0.25) is 9.97 Å². The maximum atomic E-state index is 6.89. The first-order chi connectivity index (χ1) is 72.2. The second kappa shape index (κ2) is 32.8. The van der Waals surface area contributed by atoms with E-state index < -0.39 is 0 Å². The van der Waals surface area contributed by atoms with E-state index in [9.17, 15) is 0 Å². The fourth-order valence-electron chi connectivity index (χ4n) is 24.2. The third-order valence-electron chi connectivity index (χ3n) is 31.2. The van der Waals surface area contributed by atoms with Crippen LogP contribution >= 0.6 is 11.3 Å². The van der Waals surface area contributed by atoms with E-state index in [1.54, 1.807) is 0 Å². The molecule has 0 saturated heterocycles. The summed E-state index contributed by atoms with van der Waals surface area (Å²) in [4.78, 5) is 31.2. The van der Waals surface area contributed by atoms with E-state index in [1.165, 1.54) is 152 Å². The average molecular weight is 1900 g/mol. The molecule has 147 heavy (non-hydrogen) atoms. The van der Waals surface area contributed by atoms with E-state index in [0.29, 0.717) is 5.82 Å². The van der Waals surface area contributed by atoms with Crippen LogP contribution < -0.4 is 0 Å². The van der Waals surface area contributed by atoms with Crippen LogP contribution in [0.3, 0.4) is 0 Å². The molecule has 18 aromatic carbocycles. The Bertz CT molecular complexity index is 9780. The SMILES string of the molecule is CC1(C)c2cccc3c4cc(-c5cc(-c6ccccn6)cc(-c6ccccn6)c5)ccc4n(c23)-c2c1n(-c1ccccc1)c1c2ccc2ccccc21.CC1(C)c2oc3c(ccc4ccccc43)c2-n2c3ccc(-c4cc(-c5ccccc5)nc(-c5ccccc5)n4)cc3c3cccc1c32.CC1(C)c2sc3c(ccc4ccccc43)c2-n2c3ccc(-c4cc(-c5ccccc5)nc(-c5ccccc5)n4)cc3c3cccc1c32. The van der Waals surface area contributed by atoms with Gasteiger partial charge in [0.2, 0.25) is 0 Å². The molecule has 0 bridgehead atoms. The molecule has 0 atom stereocenters. The van der Waals surface area contributed by atoms with Gasteiger partial charge in [0.25, 0.3) is 0 Å². The maximum absolute atomic E-state index is 6.89. The molecular formula is C135H92N10OS. The molecule has 12 heteroatoms. The molecule has 3 aliphatic rings. The molecule has 0 amide bonds. The van der Waals surface area contributed by atoms with Crippen molar-refractivity contribution in [1.82, 2.24) is 48.2 Å². The fourth-order valence-corrected chi connectivity index (χ4v) is 25.6. The minimum absolute atomic E-state index is 0.130. The highest BCUT2D eigenvalue weighted by Gasteiger charge is 2.44. The molecule has 0 unspecified atom stereocenters. The number of hydrogen-bond donors (Lipinski definition) is 0. The van der Waals surface area contributed by atoms with Crippen molar-refractivity contribution in [2.75, 3.05) is 0 Å². The lowest BCUT2D eigenvalue weighted by Gasteiger charge is -2.34. The van der Waals surface area contributed by atoms with Gasteiger partial charge in [-0.2, -0.15) is 0 Å². The van der Waals surface area contributed by atoms with Crippen LogP contribution in [-0.2, 0) is 16.2 Å². The highest BCUT2D eigenvalue weighted by molar-refractivity contribution is 7.20. The van der Waals surface area contributed by atoms with E-state index in [-0.39, 0.29) is 16.2 Å². The monoisotopic (exact) mass is 1900 g/mol. The number of thiophene rings is 1. The molecule has 694 valence electrons. The zero-order valence-corrected chi connectivity index (χ0v) is 82.3. The van der Waals surface area contributed by atoms with Crippen LogP contribution in [-0.4, -0.2) is 48.2 Å². The van der Waals surface area contributed by atoms with Gasteiger partial charge in [0, 0.05) is 142 Å². The average Bonchev–Trinajstić information content (AvgIpc) is 1.51. The second-order valence-electron chi connectivity index (χ2n) is 40.7. The Kier molecular flexibility index (Phi) is 19.1. The van der Waals surface area contributed by atoms with Crippen molar-refractivity contribution in [1.29, 1.82) is 0 Å². The summed E-state index contributed by atoms with van der Waals surface area (Å²) in [7, 11) is 0. The largest absolute Gasteiger partial charge is 0.457 e. The summed E-state index contributed by atoms with van der Waals surface area (Å²) in [6.07, 6.45) is 3.71. The number of fused-ring (bicyclic) bond motifs is 27. The van der Waals surface area contributed by atoms with Crippen molar-refractivity contribution >= 4 is 141 Å². The lowest BCUT2D eigenvalue weighted by molar-refractivity contribution is 0.449. The molecule has 10 aromatic heterocycles. The zero-order valence-electron chi connectivity index (χ0n) is 81.5. The van der Waals surface area contributed by atoms with Gasteiger partial charge in [-0.05, 0) is 172 Å². The molecule has 28 aromatic rings. The van der Waals surface area contributed by atoms with Gasteiger partial charge >= 0.3 is 0 Å². The van der Waals surface area contributed by atoms with Crippen LogP contribution in [0, 0.1) is 0 Å². The van der Waals surface area contributed by atoms with Gasteiger partial charge in [0.1, 0.15) is 11.3 Å². The van der Waals surface area contributed by atoms with Crippen molar-refractivity contribution in [3.05, 3.63) is 482 Å². The van der Waals surface area contributed by atoms with Crippen molar-refractivity contribution in [2.45, 2.75) is 57.8 Å². The van der Waals surface area contributed by atoms with Crippen molar-refractivity contribution in [3.63, 3.8) is 0 Å². The zero-order chi connectivity index (χ0) is 97.8. The summed E-state index contributed by atoms with van der Waals surface area (Å²) in [5.74, 6) is 2.45. The molecule has 13 heterocycles. The summed E-state index contributed by atoms with van der Waals surface area (Å²) < 4.78 is 18.3. The van der Waals surface area contributed by atoms with Gasteiger partial charge in [-0.1, -0.05) is 355 Å². The normalized spacial score (nSPS) is 13.4. The Labute approximate surface area is 851 Å². The molecule has 0 fully saturated rings.